The summed E-state index contributed by atoms with van der Waals surface area (Å²) in [5.74, 6) is -1.29. The summed E-state index contributed by atoms with van der Waals surface area (Å²) in [5, 5.41) is 0. The van der Waals surface area contributed by atoms with Gasteiger partial charge in [-0.25, -0.2) is 0 Å². The molecule has 0 aliphatic carbocycles. The second kappa shape index (κ2) is 15.9. The highest BCUT2D eigenvalue weighted by atomic mass is 31.2. The van der Waals surface area contributed by atoms with Crippen LogP contribution in [0.3, 0.4) is 0 Å². The van der Waals surface area contributed by atoms with Crippen LogP contribution in [-0.4, -0.2) is 53.7 Å². The topological polar surface area (TPSA) is 136 Å². The van der Waals surface area contributed by atoms with Crippen molar-refractivity contribution in [2.45, 2.75) is 34.6 Å². The summed E-state index contributed by atoms with van der Waals surface area (Å²) in [6.45, 7) is 9.01. The maximum Gasteiger partial charge on any atom is 0.336 e. The van der Waals surface area contributed by atoms with E-state index in [2.05, 4.69) is 14.2 Å². The van der Waals surface area contributed by atoms with Crippen molar-refractivity contribution in [2.75, 3.05) is 26.0 Å². The molecule has 0 atom stereocenters. The quantitative estimate of drug-likeness (QED) is 0.422. The number of carbonyl (C=O) groups excluding carboxylic acids is 3. The van der Waals surface area contributed by atoms with Crippen LogP contribution in [0.2, 0.25) is 0 Å². The Hall–Kier alpha value is -1.44. The zero-order chi connectivity index (χ0) is 18.2. The van der Waals surface area contributed by atoms with Gasteiger partial charge in [-0.15, -0.1) is 0 Å². The molecule has 0 aliphatic rings. The number of hydrogen-bond donors (Lipinski definition) is 2. The Bertz CT molecular complexity index is 346. The van der Waals surface area contributed by atoms with E-state index in [0.29, 0.717) is 13.2 Å². The molecule has 0 radical (unpaired) electrons. The highest BCUT2D eigenvalue weighted by molar-refractivity contribution is 7.52. The lowest BCUT2D eigenvalue weighted by Gasteiger charge is -2.01. The number of esters is 3. The van der Waals surface area contributed by atoms with E-state index in [1.165, 1.54) is 13.8 Å². The van der Waals surface area contributed by atoms with Gasteiger partial charge in [-0.1, -0.05) is 0 Å². The van der Waals surface area contributed by atoms with Gasteiger partial charge in [0, 0.05) is 13.8 Å². The fourth-order valence-corrected chi connectivity index (χ4v) is 1.21. The molecule has 9 nitrogen and oxygen atoms in total. The van der Waals surface area contributed by atoms with Crippen molar-refractivity contribution in [3.63, 3.8) is 0 Å². The highest BCUT2D eigenvalue weighted by Crippen LogP contribution is 2.33. The first-order valence-corrected chi connectivity index (χ1v) is 8.26. The Labute approximate surface area is 130 Å². The van der Waals surface area contributed by atoms with Crippen molar-refractivity contribution in [3.8, 4) is 0 Å². The summed E-state index contributed by atoms with van der Waals surface area (Å²) in [4.78, 5) is 46.4. The Morgan fingerprint density at radius 3 is 1.27 bits per heavy atom. The van der Waals surface area contributed by atoms with Crippen LogP contribution in [0.25, 0.3) is 0 Å². The summed E-state index contributed by atoms with van der Waals surface area (Å²) >= 11 is 0. The van der Waals surface area contributed by atoms with E-state index >= 15 is 0 Å². The Morgan fingerprint density at radius 1 is 0.818 bits per heavy atom. The van der Waals surface area contributed by atoms with Crippen molar-refractivity contribution in [2.24, 2.45) is 0 Å². The predicted molar refractivity (Wildman–Crippen MR) is 78.2 cm³/mol. The largest absolute Gasteiger partial charge is 0.466 e. The van der Waals surface area contributed by atoms with Gasteiger partial charge in [0.1, 0.15) is 6.16 Å². The first-order chi connectivity index (χ1) is 9.99. The predicted octanol–water partition coefficient (Wildman–Crippen LogP) is 0.866. The van der Waals surface area contributed by atoms with Gasteiger partial charge in [-0.05, 0) is 20.8 Å². The van der Waals surface area contributed by atoms with Crippen molar-refractivity contribution in [1.29, 1.82) is 0 Å². The summed E-state index contributed by atoms with van der Waals surface area (Å²) in [6.07, 6.45) is -0.832. The van der Waals surface area contributed by atoms with Gasteiger partial charge in [0.2, 0.25) is 0 Å². The average Bonchev–Trinajstić information content (AvgIpc) is 2.27. The molecule has 2 N–H and O–H groups in total. The third-order valence-electron chi connectivity index (χ3n) is 1.34. The summed E-state index contributed by atoms with van der Waals surface area (Å²) in [7, 11) is -4.23. The van der Waals surface area contributed by atoms with Crippen LogP contribution in [0.4, 0.5) is 0 Å². The maximum absolute atomic E-state index is 10.3. The van der Waals surface area contributed by atoms with Gasteiger partial charge in [0.15, 0.2) is 0 Å². The normalized spacial score (nSPS) is 9.23. The molecule has 0 unspecified atom stereocenters. The van der Waals surface area contributed by atoms with Crippen LogP contribution in [0.1, 0.15) is 34.6 Å². The van der Waals surface area contributed by atoms with E-state index in [-0.39, 0.29) is 18.5 Å². The Morgan fingerprint density at radius 2 is 1.14 bits per heavy atom. The standard InChI is InChI=1S/C4H9O5P.2C4H8O2/c1-2-9-4(5)3-10(6,7)8;2*1-3-6-4(2)5/h2-3H2,1H3,(H2,6,7,8);2*3H2,1-2H3. The van der Waals surface area contributed by atoms with Crippen molar-refractivity contribution >= 4 is 25.5 Å². The maximum atomic E-state index is 10.3. The monoisotopic (exact) mass is 344 g/mol. The molecule has 10 heteroatoms. The minimum atomic E-state index is -4.23. The lowest BCUT2D eigenvalue weighted by Crippen LogP contribution is -2.09. The van der Waals surface area contributed by atoms with Crippen LogP contribution in [0.5, 0.6) is 0 Å². The second-order valence-corrected chi connectivity index (χ2v) is 5.12. The van der Waals surface area contributed by atoms with Crippen LogP contribution in [-0.2, 0) is 33.2 Å². The molecule has 0 spiro atoms. The molecule has 0 fully saturated rings. The van der Waals surface area contributed by atoms with E-state index < -0.39 is 19.7 Å². The van der Waals surface area contributed by atoms with Gasteiger partial charge in [0.05, 0.1) is 19.8 Å². The van der Waals surface area contributed by atoms with Crippen molar-refractivity contribution in [3.05, 3.63) is 0 Å². The van der Waals surface area contributed by atoms with Crippen LogP contribution in [0, 0.1) is 0 Å². The number of ether oxygens (including phenoxy) is 3. The number of rotatable bonds is 5. The number of carbonyl (C=O) groups is 3. The lowest BCUT2D eigenvalue weighted by atomic mass is 10.8. The first kappa shape index (κ1) is 25.5. The van der Waals surface area contributed by atoms with Crippen LogP contribution in [0.15, 0.2) is 0 Å². The van der Waals surface area contributed by atoms with Gasteiger partial charge in [-0.3, -0.25) is 18.9 Å². The van der Waals surface area contributed by atoms with E-state index in [1.807, 2.05) is 0 Å². The molecule has 22 heavy (non-hydrogen) atoms. The molecule has 0 rings (SSSR count). The minimum absolute atomic E-state index is 0.138. The van der Waals surface area contributed by atoms with Crippen molar-refractivity contribution in [1.82, 2.24) is 0 Å². The van der Waals surface area contributed by atoms with E-state index in [4.69, 9.17) is 9.79 Å². The van der Waals surface area contributed by atoms with E-state index in [1.54, 1.807) is 20.8 Å². The SMILES string of the molecule is CCOC(=O)CP(=O)(O)O.CCOC(C)=O.CCOC(C)=O. The van der Waals surface area contributed by atoms with Gasteiger partial charge < -0.3 is 24.0 Å². The highest BCUT2D eigenvalue weighted by Gasteiger charge is 2.19. The fourth-order valence-electron chi connectivity index (χ4n) is 0.781. The molecular weight excluding hydrogens is 319 g/mol. The molecular formula is C12H25O9P. The summed E-state index contributed by atoms with van der Waals surface area (Å²) in [5.41, 5.74) is 0. The molecule has 0 aromatic carbocycles. The zero-order valence-electron chi connectivity index (χ0n) is 13.5. The third kappa shape index (κ3) is 36.3. The Kier molecular flexibility index (Phi) is 18.5. The molecule has 0 aromatic heterocycles. The Balaban J connectivity index is -0.000000261. The summed E-state index contributed by atoms with van der Waals surface area (Å²) in [6, 6.07) is 0. The molecule has 0 aliphatic heterocycles. The van der Waals surface area contributed by atoms with E-state index in [9.17, 15) is 18.9 Å². The van der Waals surface area contributed by atoms with Crippen LogP contribution < -0.4 is 0 Å². The molecule has 0 saturated heterocycles. The molecule has 0 amide bonds. The average molecular weight is 344 g/mol. The van der Waals surface area contributed by atoms with Gasteiger partial charge in [0.25, 0.3) is 0 Å². The zero-order valence-corrected chi connectivity index (χ0v) is 14.4. The molecule has 0 aromatic rings. The molecule has 0 saturated carbocycles. The second-order valence-electron chi connectivity index (χ2n) is 3.48. The van der Waals surface area contributed by atoms with Crippen LogP contribution >= 0.6 is 7.60 Å². The third-order valence-corrected chi connectivity index (χ3v) is 2.01. The summed E-state index contributed by atoms with van der Waals surface area (Å²) < 4.78 is 23.2. The smallest absolute Gasteiger partial charge is 0.336 e. The molecule has 0 heterocycles. The fraction of sp³-hybridized carbons (Fsp3) is 0.750. The van der Waals surface area contributed by atoms with Gasteiger partial charge >= 0.3 is 25.5 Å². The lowest BCUT2D eigenvalue weighted by molar-refractivity contribution is -0.141. The minimum Gasteiger partial charge on any atom is -0.466 e. The van der Waals surface area contributed by atoms with Crippen molar-refractivity contribution < 1.29 is 42.9 Å². The first-order valence-electron chi connectivity index (χ1n) is 6.46. The molecule has 0 bridgehead atoms. The van der Waals surface area contributed by atoms with Gasteiger partial charge in [-0.2, -0.15) is 0 Å². The van der Waals surface area contributed by atoms with E-state index in [0.717, 1.165) is 0 Å². The number of hydrogen-bond acceptors (Lipinski definition) is 7. The molecule has 132 valence electrons.